The molecule has 0 fully saturated rings. The molecule has 5 nitrogen and oxygen atoms in total. The topological polar surface area (TPSA) is 67.9 Å². The fourth-order valence-electron chi connectivity index (χ4n) is 1.36. The molecule has 0 atom stereocenters. The van der Waals surface area contributed by atoms with Gasteiger partial charge in [-0.05, 0) is 36.2 Å². The molecule has 0 aromatic heterocycles. The zero-order valence-corrected chi connectivity index (χ0v) is 10.8. The second-order valence-electron chi connectivity index (χ2n) is 3.83. The summed E-state index contributed by atoms with van der Waals surface area (Å²) in [5.41, 5.74) is 6.13. The van der Waals surface area contributed by atoms with E-state index in [2.05, 4.69) is 5.10 Å². The van der Waals surface area contributed by atoms with E-state index >= 15 is 0 Å². The van der Waals surface area contributed by atoms with Crippen LogP contribution in [0.2, 0.25) is 0 Å². The van der Waals surface area contributed by atoms with Crippen LogP contribution in [-0.4, -0.2) is 30.9 Å². The summed E-state index contributed by atoms with van der Waals surface area (Å²) in [6.45, 7) is 2.59. The Balaban J connectivity index is 2.66. The summed E-state index contributed by atoms with van der Waals surface area (Å²) in [5.74, 6) is 0.782. The number of nitrogens with two attached hydrogens (primary N) is 1. The number of rotatable bonds is 6. The number of benzene rings is 1. The number of amides is 2. The van der Waals surface area contributed by atoms with Crippen molar-refractivity contribution in [2.75, 3.05) is 13.7 Å². The Labute approximate surface area is 107 Å². The molecule has 1 aromatic carbocycles. The van der Waals surface area contributed by atoms with Gasteiger partial charge >= 0.3 is 6.03 Å². The normalized spacial score (nSPS) is 10.6. The van der Waals surface area contributed by atoms with Crippen LogP contribution in [0.4, 0.5) is 4.79 Å². The predicted octanol–water partition coefficient (Wildman–Crippen LogP) is 2.21. The number of unbranched alkanes of at least 4 members (excludes halogenated alkanes) is 1. The number of hydrogen-bond donors (Lipinski definition) is 1. The Bertz CT molecular complexity index is 401. The second-order valence-corrected chi connectivity index (χ2v) is 3.83. The Morgan fingerprint density at radius 2 is 2.11 bits per heavy atom. The number of urea groups is 1. The first-order valence-electron chi connectivity index (χ1n) is 5.92. The number of hydrazone groups is 1. The van der Waals surface area contributed by atoms with Gasteiger partial charge in [-0.25, -0.2) is 9.80 Å². The number of hydrogen-bond acceptors (Lipinski definition) is 3. The molecule has 2 amide bonds. The Hall–Kier alpha value is -2.04. The van der Waals surface area contributed by atoms with Gasteiger partial charge in [-0.15, -0.1) is 0 Å². The number of carbonyl (C=O) groups excluding carboxylic acids is 1. The molecule has 0 aliphatic heterocycles. The average molecular weight is 249 g/mol. The molecule has 0 bridgehead atoms. The molecule has 0 radical (unpaired) electrons. The first-order chi connectivity index (χ1) is 8.67. The zero-order chi connectivity index (χ0) is 13.4. The SMILES string of the molecule is CCCCN(/N=C/c1ccc(OC)cc1)C(N)=O. The van der Waals surface area contributed by atoms with Gasteiger partial charge in [0.05, 0.1) is 13.3 Å². The molecular formula is C13H19N3O2. The molecule has 0 saturated heterocycles. The molecular weight excluding hydrogens is 230 g/mol. The van der Waals surface area contributed by atoms with Crippen LogP contribution < -0.4 is 10.5 Å². The van der Waals surface area contributed by atoms with Crippen molar-refractivity contribution in [1.82, 2.24) is 5.01 Å². The van der Waals surface area contributed by atoms with Crippen LogP contribution in [0.5, 0.6) is 5.75 Å². The number of primary amides is 1. The fraction of sp³-hybridized carbons (Fsp3) is 0.385. The molecule has 0 unspecified atom stereocenters. The largest absolute Gasteiger partial charge is 0.497 e. The van der Waals surface area contributed by atoms with Crippen LogP contribution in [0.3, 0.4) is 0 Å². The molecule has 0 saturated carbocycles. The van der Waals surface area contributed by atoms with Gasteiger partial charge in [0, 0.05) is 6.54 Å². The molecule has 5 heteroatoms. The lowest BCUT2D eigenvalue weighted by molar-refractivity contribution is 0.209. The molecule has 1 rings (SSSR count). The number of carbonyl (C=O) groups is 1. The Morgan fingerprint density at radius 3 is 2.61 bits per heavy atom. The Kier molecular flexibility index (Phi) is 5.70. The van der Waals surface area contributed by atoms with E-state index in [1.54, 1.807) is 13.3 Å². The minimum absolute atomic E-state index is 0.534. The van der Waals surface area contributed by atoms with Gasteiger partial charge in [-0.2, -0.15) is 5.10 Å². The second kappa shape index (κ2) is 7.32. The Morgan fingerprint density at radius 1 is 1.44 bits per heavy atom. The lowest BCUT2D eigenvalue weighted by Gasteiger charge is -2.13. The van der Waals surface area contributed by atoms with E-state index in [1.165, 1.54) is 5.01 Å². The summed E-state index contributed by atoms with van der Waals surface area (Å²) < 4.78 is 5.06. The first-order valence-corrected chi connectivity index (χ1v) is 5.92. The van der Waals surface area contributed by atoms with Crippen molar-refractivity contribution in [3.05, 3.63) is 29.8 Å². The van der Waals surface area contributed by atoms with E-state index in [9.17, 15) is 4.79 Å². The van der Waals surface area contributed by atoms with Crippen LogP contribution in [0.25, 0.3) is 0 Å². The molecule has 2 N–H and O–H groups in total. The summed E-state index contributed by atoms with van der Waals surface area (Å²) in [7, 11) is 1.61. The van der Waals surface area contributed by atoms with Gasteiger partial charge in [-0.1, -0.05) is 13.3 Å². The molecule has 1 aromatic rings. The first kappa shape index (κ1) is 14.0. The molecule has 0 heterocycles. The van der Waals surface area contributed by atoms with Gasteiger partial charge in [0.1, 0.15) is 5.75 Å². The van der Waals surface area contributed by atoms with E-state index in [0.717, 1.165) is 24.2 Å². The number of nitrogens with zero attached hydrogens (tertiary/aromatic N) is 2. The van der Waals surface area contributed by atoms with E-state index in [1.807, 2.05) is 31.2 Å². The third-order valence-electron chi connectivity index (χ3n) is 2.44. The van der Waals surface area contributed by atoms with Crippen molar-refractivity contribution in [3.63, 3.8) is 0 Å². The quantitative estimate of drug-likeness (QED) is 0.620. The van der Waals surface area contributed by atoms with E-state index in [-0.39, 0.29) is 0 Å². The van der Waals surface area contributed by atoms with Crippen molar-refractivity contribution in [2.24, 2.45) is 10.8 Å². The van der Waals surface area contributed by atoms with Crippen LogP contribution in [0.1, 0.15) is 25.3 Å². The molecule has 0 aliphatic rings. The van der Waals surface area contributed by atoms with Crippen LogP contribution in [0.15, 0.2) is 29.4 Å². The van der Waals surface area contributed by atoms with Crippen molar-refractivity contribution in [3.8, 4) is 5.75 Å². The summed E-state index contributed by atoms with van der Waals surface area (Å²) in [5, 5.41) is 5.35. The lowest BCUT2D eigenvalue weighted by atomic mass is 10.2. The molecule has 0 aliphatic carbocycles. The number of methoxy groups -OCH3 is 1. The maximum Gasteiger partial charge on any atom is 0.335 e. The summed E-state index contributed by atoms with van der Waals surface area (Å²) in [6.07, 6.45) is 3.48. The minimum Gasteiger partial charge on any atom is -0.497 e. The van der Waals surface area contributed by atoms with E-state index < -0.39 is 6.03 Å². The highest BCUT2D eigenvalue weighted by molar-refractivity contribution is 5.81. The van der Waals surface area contributed by atoms with Gasteiger partial charge in [0.25, 0.3) is 0 Å². The van der Waals surface area contributed by atoms with Crippen molar-refractivity contribution >= 4 is 12.2 Å². The maximum atomic E-state index is 11.1. The minimum atomic E-state index is -0.534. The van der Waals surface area contributed by atoms with Gasteiger partial charge in [-0.3, -0.25) is 0 Å². The maximum absolute atomic E-state index is 11.1. The van der Waals surface area contributed by atoms with Gasteiger partial charge in [0.2, 0.25) is 0 Å². The van der Waals surface area contributed by atoms with Crippen molar-refractivity contribution < 1.29 is 9.53 Å². The predicted molar refractivity (Wildman–Crippen MR) is 71.8 cm³/mol. The monoisotopic (exact) mass is 249 g/mol. The highest BCUT2D eigenvalue weighted by Gasteiger charge is 2.05. The van der Waals surface area contributed by atoms with Crippen LogP contribution in [0, 0.1) is 0 Å². The average Bonchev–Trinajstić information content (AvgIpc) is 2.39. The van der Waals surface area contributed by atoms with Crippen LogP contribution in [-0.2, 0) is 0 Å². The molecule has 98 valence electrons. The van der Waals surface area contributed by atoms with Crippen molar-refractivity contribution in [2.45, 2.75) is 19.8 Å². The summed E-state index contributed by atoms with van der Waals surface area (Å²) in [4.78, 5) is 11.1. The van der Waals surface area contributed by atoms with Crippen LogP contribution >= 0.6 is 0 Å². The molecule has 0 spiro atoms. The highest BCUT2D eigenvalue weighted by atomic mass is 16.5. The molecule has 18 heavy (non-hydrogen) atoms. The fourth-order valence-corrected chi connectivity index (χ4v) is 1.36. The van der Waals surface area contributed by atoms with E-state index in [0.29, 0.717) is 6.54 Å². The van der Waals surface area contributed by atoms with E-state index in [4.69, 9.17) is 10.5 Å². The lowest BCUT2D eigenvalue weighted by Crippen LogP contribution is -2.32. The summed E-state index contributed by atoms with van der Waals surface area (Å²) in [6, 6.07) is 6.86. The summed E-state index contributed by atoms with van der Waals surface area (Å²) >= 11 is 0. The standard InChI is InChI=1S/C13H19N3O2/c1-3-4-9-16(13(14)17)15-10-11-5-7-12(18-2)8-6-11/h5-8,10H,3-4,9H2,1-2H3,(H2,14,17)/b15-10+. The third kappa shape index (κ3) is 4.45. The third-order valence-corrected chi connectivity index (χ3v) is 2.44. The highest BCUT2D eigenvalue weighted by Crippen LogP contribution is 2.10. The zero-order valence-electron chi connectivity index (χ0n) is 10.8. The smallest absolute Gasteiger partial charge is 0.335 e. The van der Waals surface area contributed by atoms with Gasteiger partial charge < -0.3 is 10.5 Å². The number of ether oxygens (including phenoxy) is 1. The van der Waals surface area contributed by atoms with Gasteiger partial charge in [0.15, 0.2) is 0 Å². The van der Waals surface area contributed by atoms with Crippen molar-refractivity contribution in [1.29, 1.82) is 0 Å².